The molecule has 4 nitrogen and oxygen atoms in total. The van der Waals surface area contributed by atoms with Crippen LogP contribution in [0.4, 0.5) is 0 Å². The summed E-state index contributed by atoms with van der Waals surface area (Å²) in [5.74, 6) is -0.170. The van der Waals surface area contributed by atoms with Crippen molar-refractivity contribution < 1.29 is 9.59 Å². The van der Waals surface area contributed by atoms with Crippen molar-refractivity contribution in [1.29, 1.82) is 0 Å². The Morgan fingerprint density at radius 2 is 2.00 bits per heavy atom. The zero-order chi connectivity index (χ0) is 14.5. The van der Waals surface area contributed by atoms with Crippen LogP contribution in [0.1, 0.15) is 38.9 Å². The van der Waals surface area contributed by atoms with Crippen LogP contribution in [-0.2, 0) is 6.54 Å². The topological polar surface area (TPSA) is 59.1 Å². The average Bonchev–Trinajstić information content (AvgIpc) is 2.45. The van der Waals surface area contributed by atoms with E-state index in [9.17, 15) is 9.59 Å². The Morgan fingerprint density at radius 1 is 1.20 bits per heavy atom. The first-order chi connectivity index (χ1) is 9.58. The number of pyridine rings is 1. The summed E-state index contributed by atoms with van der Waals surface area (Å²) in [5, 5.41) is 2.82. The molecule has 0 unspecified atom stereocenters. The zero-order valence-electron chi connectivity index (χ0n) is 11.5. The van der Waals surface area contributed by atoms with Crippen LogP contribution in [0.15, 0.2) is 42.6 Å². The van der Waals surface area contributed by atoms with Crippen molar-refractivity contribution in [3.05, 3.63) is 65.0 Å². The normalized spacial score (nSPS) is 10.1. The Balaban J connectivity index is 2.08. The van der Waals surface area contributed by atoms with Gasteiger partial charge < -0.3 is 5.32 Å². The highest BCUT2D eigenvalue weighted by Gasteiger charge is 2.10. The number of aryl methyl sites for hydroxylation is 1. The summed E-state index contributed by atoms with van der Waals surface area (Å²) in [5.41, 5.74) is 2.78. The highest BCUT2D eigenvalue weighted by molar-refractivity contribution is 5.98. The largest absolute Gasteiger partial charge is 0.346 e. The number of nitrogens with one attached hydrogen (secondary N) is 1. The second kappa shape index (κ2) is 6.10. The standard InChI is InChI=1S/C16H16N2O2/c1-11-9-13(12(2)19)6-7-15(11)16(20)18-10-14-5-3-4-8-17-14/h3-9H,10H2,1-2H3,(H,18,20). The molecule has 4 heteroatoms. The number of hydrogen-bond donors (Lipinski definition) is 1. The molecule has 2 aromatic rings. The van der Waals surface area contributed by atoms with E-state index >= 15 is 0 Å². The van der Waals surface area contributed by atoms with Gasteiger partial charge in [-0.15, -0.1) is 0 Å². The maximum atomic E-state index is 12.1. The molecular weight excluding hydrogens is 252 g/mol. The van der Waals surface area contributed by atoms with Crippen molar-refractivity contribution in [2.75, 3.05) is 0 Å². The van der Waals surface area contributed by atoms with Gasteiger partial charge in [-0.2, -0.15) is 0 Å². The summed E-state index contributed by atoms with van der Waals surface area (Å²) < 4.78 is 0. The number of ketones is 1. The molecule has 1 N–H and O–H groups in total. The zero-order valence-corrected chi connectivity index (χ0v) is 11.5. The molecule has 0 radical (unpaired) electrons. The molecule has 1 aromatic carbocycles. The van der Waals surface area contributed by atoms with Gasteiger partial charge in [-0.25, -0.2) is 0 Å². The number of aromatic nitrogens is 1. The van der Waals surface area contributed by atoms with Crippen molar-refractivity contribution >= 4 is 11.7 Å². The van der Waals surface area contributed by atoms with E-state index in [1.54, 1.807) is 24.4 Å². The first-order valence-electron chi connectivity index (χ1n) is 6.37. The van der Waals surface area contributed by atoms with E-state index in [-0.39, 0.29) is 11.7 Å². The fraction of sp³-hybridized carbons (Fsp3) is 0.188. The third kappa shape index (κ3) is 3.29. The Bertz CT molecular complexity index is 636. The van der Waals surface area contributed by atoms with Crippen LogP contribution in [0, 0.1) is 6.92 Å². The van der Waals surface area contributed by atoms with Gasteiger partial charge >= 0.3 is 0 Å². The third-order valence-corrected chi connectivity index (χ3v) is 3.03. The number of hydrogen-bond acceptors (Lipinski definition) is 3. The molecule has 0 bridgehead atoms. The predicted molar refractivity (Wildman–Crippen MR) is 76.6 cm³/mol. The summed E-state index contributed by atoms with van der Waals surface area (Å²) in [4.78, 5) is 27.5. The molecule has 0 spiro atoms. The molecule has 0 fully saturated rings. The third-order valence-electron chi connectivity index (χ3n) is 3.03. The Morgan fingerprint density at radius 3 is 2.60 bits per heavy atom. The van der Waals surface area contributed by atoms with Crippen molar-refractivity contribution in [2.24, 2.45) is 0 Å². The minimum Gasteiger partial charge on any atom is -0.346 e. The quantitative estimate of drug-likeness (QED) is 0.867. The minimum absolute atomic E-state index is 0.00598. The summed E-state index contributed by atoms with van der Waals surface area (Å²) in [7, 11) is 0. The number of rotatable bonds is 4. The molecular formula is C16H16N2O2. The van der Waals surface area contributed by atoms with E-state index in [4.69, 9.17) is 0 Å². The van der Waals surface area contributed by atoms with E-state index in [0.29, 0.717) is 17.7 Å². The van der Waals surface area contributed by atoms with Gasteiger partial charge in [-0.3, -0.25) is 14.6 Å². The maximum absolute atomic E-state index is 12.1. The smallest absolute Gasteiger partial charge is 0.251 e. The molecule has 0 saturated carbocycles. The summed E-state index contributed by atoms with van der Waals surface area (Å²) in [6, 6.07) is 10.6. The first-order valence-corrected chi connectivity index (χ1v) is 6.37. The minimum atomic E-state index is -0.164. The van der Waals surface area contributed by atoms with Crippen LogP contribution < -0.4 is 5.32 Å². The van der Waals surface area contributed by atoms with Gasteiger partial charge in [-0.1, -0.05) is 12.1 Å². The van der Waals surface area contributed by atoms with Crippen molar-refractivity contribution in [3.63, 3.8) is 0 Å². The lowest BCUT2D eigenvalue weighted by atomic mass is 10.0. The van der Waals surface area contributed by atoms with Gasteiger partial charge in [0.2, 0.25) is 0 Å². The molecule has 1 amide bonds. The van der Waals surface area contributed by atoms with Gasteiger partial charge in [0.1, 0.15) is 0 Å². The van der Waals surface area contributed by atoms with E-state index in [0.717, 1.165) is 11.3 Å². The monoisotopic (exact) mass is 268 g/mol. The van der Waals surface area contributed by atoms with E-state index in [1.165, 1.54) is 6.92 Å². The average molecular weight is 268 g/mol. The van der Waals surface area contributed by atoms with Gasteiger partial charge in [0.15, 0.2) is 5.78 Å². The van der Waals surface area contributed by atoms with Crippen molar-refractivity contribution in [3.8, 4) is 0 Å². The fourth-order valence-corrected chi connectivity index (χ4v) is 1.91. The second-order valence-electron chi connectivity index (χ2n) is 4.59. The fourth-order valence-electron chi connectivity index (χ4n) is 1.91. The molecule has 0 aliphatic heterocycles. The van der Waals surface area contributed by atoms with Crippen LogP contribution in [0.25, 0.3) is 0 Å². The molecule has 0 aliphatic carbocycles. The van der Waals surface area contributed by atoms with Crippen LogP contribution >= 0.6 is 0 Å². The van der Waals surface area contributed by atoms with Gasteiger partial charge in [0.25, 0.3) is 5.91 Å². The summed E-state index contributed by atoms with van der Waals surface area (Å²) in [6.07, 6.45) is 1.69. The number of nitrogens with zero attached hydrogens (tertiary/aromatic N) is 1. The predicted octanol–water partition coefficient (Wildman–Crippen LogP) is 2.52. The number of Topliss-reactive ketones (excluding diaryl/α,β-unsaturated/α-hetero) is 1. The lowest BCUT2D eigenvalue weighted by molar-refractivity contribution is 0.0947. The second-order valence-corrected chi connectivity index (χ2v) is 4.59. The SMILES string of the molecule is CC(=O)c1ccc(C(=O)NCc2ccccn2)c(C)c1. The number of carbonyl (C=O) groups excluding carboxylic acids is 2. The van der Waals surface area contributed by atoms with Crippen LogP contribution in [-0.4, -0.2) is 16.7 Å². The highest BCUT2D eigenvalue weighted by Crippen LogP contribution is 2.12. The molecule has 0 atom stereocenters. The van der Waals surface area contributed by atoms with Crippen LogP contribution in [0.2, 0.25) is 0 Å². The number of benzene rings is 1. The highest BCUT2D eigenvalue weighted by atomic mass is 16.1. The number of amides is 1. The van der Waals surface area contributed by atoms with E-state index < -0.39 is 0 Å². The lowest BCUT2D eigenvalue weighted by Gasteiger charge is -2.08. The van der Waals surface area contributed by atoms with Crippen molar-refractivity contribution in [1.82, 2.24) is 10.3 Å². The molecule has 0 aliphatic rings. The molecule has 1 heterocycles. The van der Waals surface area contributed by atoms with Crippen LogP contribution in [0.3, 0.4) is 0 Å². The number of carbonyl (C=O) groups is 2. The van der Waals surface area contributed by atoms with Gasteiger partial charge in [0, 0.05) is 17.3 Å². The van der Waals surface area contributed by atoms with Gasteiger partial charge in [0.05, 0.1) is 12.2 Å². The van der Waals surface area contributed by atoms with E-state index in [1.807, 2.05) is 25.1 Å². The van der Waals surface area contributed by atoms with Crippen LogP contribution in [0.5, 0.6) is 0 Å². The Hall–Kier alpha value is -2.49. The molecule has 2 rings (SSSR count). The Labute approximate surface area is 117 Å². The Kier molecular flexibility index (Phi) is 4.25. The summed E-state index contributed by atoms with van der Waals surface area (Å²) in [6.45, 7) is 3.71. The molecule has 0 saturated heterocycles. The van der Waals surface area contributed by atoms with E-state index in [2.05, 4.69) is 10.3 Å². The first kappa shape index (κ1) is 13.9. The van der Waals surface area contributed by atoms with Crippen molar-refractivity contribution in [2.45, 2.75) is 20.4 Å². The molecule has 20 heavy (non-hydrogen) atoms. The molecule has 102 valence electrons. The molecule has 1 aromatic heterocycles. The summed E-state index contributed by atoms with van der Waals surface area (Å²) >= 11 is 0. The maximum Gasteiger partial charge on any atom is 0.251 e. The lowest BCUT2D eigenvalue weighted by Crippen LogP contribution is -2.24. The van der Waals surface area contributed by atoms with Gasteiger partial charge in [-0.05, 0) is 43.7 Å².